The number of ether oxygens (including phenoxy) is 3. The molecule has 4 heterocycles. The average Bonchev–Trinajstić information content (AvgIpc) is 2.80. The van der Waals surface area contributed by atoms with Gasteiger partial charge in [-0.3, -0.25) is 4.79 Å². The van der Waals surface area contributed by atoms with E-state index in [2.05, 4.69) is 6.92 Å². The Bertz CT molecular complexity index is 494. The zero-order valence-corrected chi connectivity index (χ0v) is 16.1. The van der Waals surface area contributed by atoms with Gasteiger partial charge in [0.2, 0.25) is 12.1 Å². The summed E-state index contributed by atoms with van der Waals surface area (Å²) in [5, 5.41) is 0. The van der Waals surface area contributed by atoms with Crippen molar-refractivity contribution in [2.45, 2.75) is 78.0 Å². The van der Waals surface area contributed by atoms with Crippen LogP contribution in [0.15, 0.2) is 0 Å². The van der Waals surface area contributed by atoms with Gasteiger partial charge in [0.05, 0.1) is 5.92 Å². The van der Waals surface area contributed by atoms with Crippen LogP contribution in [0.4, 0.5) is 0 Å². The van der Waals surface area contributed by atoms with Crippen LogP contribution in [0.5, 0.6) is 0 Å². The predicted molar refractivity (Wildman–Crippen MR) is 90.2 cm³/mol. The Kier molecular flexibility index (Phi) is 5.45. The maximum Gasteiger partial charge on any atom is 0.311 e. The second-order valence-corrected chi connectivity index (χ2v) is 7.92. The van der Waals surface area contributed by atoms with Gasteiger partial charge in [0, 0.05) is 31.5 Å². The standard InChI is InChI=1S/C15H22O5.C4H10O/c1-8-4-5-11-9(2)12(16)17-13-15(11)10(8)6-7-14(3,18-13)19-20-15;1-3-5-4-2/h8-11,13H,4-7H2,1-3H3;3-4H2,1-2H3/t8-,9-,10+,11+,13-,14+,15-;/m1./s1. The molecule has 0 unspecified atom stereocenters. The Morgan fingerprint density at radius 1 is 1.08 bits per heavy atom. The molecule has 0 amide bonds. The summed E-state index contributed by atoms with van der Waals surface area (Å²) in [5.41, 5.74) is -0.610. The fourth-order valence-electron chi connectivity index (χ4n) is 4.97. The molecule has 0 aromatic heterocycles. The van der Waals surface area contributed by atoms with Gasteiger partial charge in [-0.05, 0) is 46.0 Å². The third-order valence-electron chi connectivity index (χ3n) is 6.38. The van der Waals surface area contributed by atoms with Gasteiger partial charge in [-0.15, -0.1) is 0 Å². The number of hydrogen-bond acceptors (Lipinski definition) is 6. The zero-order chi connectivity index (χ0) is 18.2. The molecule has 0 aromatic rings. The van der Waals surface area contributed by atoms with E-state index >= 15 is 0 Å². The van der Waals surface area contributed by atoms with Crippen LogP contribution >= 0.6 is 0 Å². The molecule has 1 spiro atoms. The van der Waals surface area contributed by atoms with E-state index in [1.165, 1.54) is 0 Å². The molecule has 6 nitrogen and oxygen atoms in total. The van der Waals surface area contributed by atoms with E-state index in [4.69, 9.17) is 24.0 Å². The first kappa shape index (κ1) is 19.1. The van der Waals surface area contributed by atoms with Crippen molar-refractivity contribution < 1.29 is 28.8 Å². The zero-order valence-electron chi connectivity index (χ0n) is 16.1. The lowest BCUT2D eigenvalue weighted by Gasteiger charge is -2.57. The Morgan fingerprint density at radius 3 is 2.44 bits per heavy atom. The van der Waals surface area contributed by atoms with Crippen molar-refractivity contribution in [3.63, 3.8) is 0 Å². The third-order valence-corrected chi connectivity index (χ3v) is 6.38. The summed E-state index contributed by atoms with van der Waals surface area (Å²) < 4.78 is 16.4. The molecule has 7 atom stereocenters. The molecule has 0 radical (unpaired) electrons. The smallest absolute Gasteiger partial charge is 0.311 e. The van der Waals surface area contributed by atoms with E-state index in [-0.39, 0.29) is 17.8 Å². The summed E-state index contributed by atoms with van der Waals surface area (Å²) >= 11 is 0. The molecule has 5 fully saturated rings. The highest BCUT2D eigenvalue weighted by molar-refractivity contribution is 5.74. The lowest BCUT2D eigenvalue weighted by molar-refractivity contribution is -0.559. The van der Waals surface area contributed by atoms with E-state index in [0.717, 1.165) is 38.9 Å². The van der Waals surface area contributed by atoms with Crippen molar-refractivity contribution >= 4 is 5.97 Å². The van der Waals surface area contributed by atoms with Crippen molar-refractivity contribution in [3.8, 4) is 0 Å². The minimum absolute atomic E-state index is 0.123. The van der Waals surface area contributed by atoms with Gasteiger partial charge in [-0.1, -0.05) is 13.8 Å². The highest BCUT2D eigenvalue weighted by atomic mass is 17.3. The normalized spacial score (nSPS) is 47.9. The molecule has 0 N–H and O–H groups in total. The highest BCUT2D eigenvalue weighted by Gasteiger charge is 2.70. The van der Waals surface area contributed by atoms with Crippen molar-refractivity contribution in [1.29, 1.82) is 0 Å². The predicted octanol–water partition coefficient (Wildman–Crippen LogP) is 3.44. The monoisotopic (exact) mass is 356 g/mol. The van der Waals surface area contributed by atoms with Gasteiger partial charge < -0.3 is 14.2 Å². The fourth-order valence-corrected chi connectivity index (χ4v) is 4.97. The third kappa shape index (κ3) is 3.11. The number of carbonyl (C=O) groups is 1. The Morgan fingerprint density at radius 2 is 1.80 bits per heavy atom. The summed E-state index contributed by atoms with van der Waals surface area (Å²) in [6.45, 7) is 11.7. The number of fused-ring (bicyclic) bond motifs is 2. The lowest BCUT2D eigenvalue weighted by atomic mass is 9.58. The summed E-state index contributed by atoms with van der Waals surface area (Å²) in [5.74, 6) is -0.137. The first-order valence-electron chi connectivity index (χ1n) is 9.70. The van der Waals surface area contributed by atoms with Gasteiger partial charge in [-0.25, -0.2) is 9.78 Å². The summed E-state index contributed by atoms with van der Waals surface area (Å²) in [7, 11) is 0. The van der Waals surface area contributed by atoms with E-state index in [1.54, 1.807) is 0 Å². The average molecular weight is 356 g/mol. The van der Waals surface area contributed by atoms with Gasteiger partial charge in [0.1, 0.15) is 0 Å². The van der Waals surface area contributed by atoms with Crippen LogP contribution in [0.3, 0.4) is 0 Å². The van der Waals surface area contributed by atoms with E-state index in [1.807, 2.05) is 27.7 Å². The van der Waals surface area contributed by atoms with Crippen LogP contribution in [-0.2, 0) is 28.8 Å². The molecular formula is C19H32O6. The van der Waals surface area contributed by atoms with Gasteiger partial charge >= 0.3 is 5.97 Å². The van der Waals surface area contributed by atoms with Gasteiger partial charge in [-0.2, -0.15) is 0 Å². The Balaban J connectivity index is 0.000000324. The van der Waals surface area contributed by atoms with Gasteiger partial charge in [0.25, 0.3) is 0 Å². The van der Waals surface area contributed by atoms with Crippen molar-refractivity contribution in [2.24, 2.45) is 23.7 Å². The summed E-state index contributed by atoms with van der Waals surface area (Å²) in [6, 6.07) is 0. The molecule has 25 heavy (non-hydrogen) atoms. The van der Waals surface area contributed by atoms with Crippen molar-refractivity contribution in [3.05, 3.63) is 0 Å². The number of hydrogen-bond donors (Lipinski definition) is 0. The second kappa shape index (κ2) is 7.14. The van der Waals surface area contributed by atoms with E-state index in [0.29, 0.717) is 11.8 Å². The summed E-state index contributed by atoms with van der Waals surface area (Å²) in [6.07, 6.45) is 3.24. The van der Waals surface area contributed by atoms with E-state index < -0.39 is 17.7 Å². The molecule has 4 saturated heterocycles. The molecule has 6 heteroatoms. The number of carbonyl (C=O) groups excluding carboxylic acids is 1. The molecule has 5 aliphatic rings. The number of esters is 1. The highest BCUT2D eigenvalue weighted by Crippen LogP contribution is 2.59. The van der Waals surface area contributed by atoms with Crippen LogP contribution in [0.2, 0.25) is 0 Å². The molecule has 2 bridgehead atoms. The first-order chi connectivity index (χ1) is 11.9. The van der Waals surface area contributed by atoms with Crippen LogP contribution < -0.4 is 0 Å². The first-order valence-corrected chi connectivity index (χ1v) is 9.70. The molecule has 0 aromatic carbocycles. The maximum absolute atomic E-state index is 12.1. The molecule has 5 rings (SSSR count). The maximum atomic E-state index is 12.1. The minimum atomic E-state index is -0.793. The van der Waals surface area contributed by atoms with Crippen LogP contribution in [0.1, 0.15) is 60.3 Å². The molecule has 1 aliphatic carbocycles. The quantitative estimate of drug-likeness (QED) is 0.558. The molecular weight excluding hydrogens is 324 g/mol. The van der Waals surface area contributed by atoms with E-state index in [9.17, 15) is 4.79 Å². The Hall–Kier alpha value is -0.690. The minimum Gasteiger partial charge on any atom is -0.432 e. The molecule has 1 saturated carbocycles. The molecule has 144 valence electrons. The number of rotatable bonds is 2. The topological polar surface area (TPSA) is 63.2 Å². The van der Waals surface area contributed by atoms with Crippen molar-refractivity contribution in [1.82, 2.24) is 0 Å². The fraction of sp³-hybridized carbons (Fsp3) is 0.947. The molecule has 4 aliphatic heterocycles. The SMILES string of the molecule is CCOCC.C[C@@H]1CC[C@H]2[C@@H](C)C(=O)O[C@@H]3O[C@]4(C)CC[C@@H]1[C@]32OO4. The summed E-state index contributed by atoms with van der Waals surface area (Å²) in [4.78, 5) is 23.7. The second-order valence-electron chi connectivity index (χ2n) is 7.92. The lowest BCUT2D eigenvalue weighted by Crippen LogP contribution is -2.69. The Labute approximate surface area is 150 Å². The van der Waals surface area contributed by atoms with Gasteiger partial charge in [0.15, 0.2) is 5.60 Å². The van der Waals surface area contributed by atoms with Crippen LogP contribution in [0.25, 0.3) is 0 Å². The largest absolute Gasteiger partial charge is 0.432 e. The van der Waals surface area contributed by atoms with Crippen LogP contribution in [0, 0.1) is 23.7 Å². The van der Waals surface area contributed by atoms with Crippen molar-refractivity contribution in [2.75, 3.05) is 13.2 Å². The van der Waals surface area contributed by atoms with Crippen LogP contribution in [-0.4, -0.2) is 36.9 Å².